The highest BCUT2D eigenvalue weighted by molar-refractivity contribution is 5.38. The summed E-state index contributed by atoms with van der Waals surface area (Å²) in [6, 6.07) is 13.3. The maximum Gasteiger partial charge on any atom is 0.416 e. The van der Waals surface area contributed by atoms with Gasteiger partial charge in [-0.3, -0.25) is 0 Å². The molecule has 0 saturated carbocycles. The number of hydrogen-bond donors (Lipinski definition) is 1. The molecule has 0 radical (unpaired) electrons. The molecule has 0 atom stereocenters. The van der Waals surface area contributed by atoms with E-state index in [9.17, 15) is 13.2 Å². The zero-order chi connectivity index (χ0) is 24.4. The Kier molecular flexibility index (Phi) is 6.69. The summed E-state index contributed by atoms with van der Waals surface area (Å²) in [5, 5.41) is 12.2. The van der Waals surface area contributed by atoms with Crippen molar-refractivity contribution in [3.05, 3.63) is 77.1 Å². The molecule has 182 valence electrons. The minimum absolute atomic E-state index is 0.359. The van der Waals surface area contributed by atoms with Crippen LogP contribution in [0.5, 0.6) is 5.75 Å². The van der Waals surface area contributed by atoms with Gasteiger partial charge in [0.05, 0.1) is 30.1 Å². The number of methoxy groups -OCH3 is 1. The van der Waals surface area contributed by atoms with E-state index in [4.69, 9.17) is 9.47 Å². The Morgan fingerprint density at radius 2 is 1.82 bits per heavy atom. The van der Waals surface area contributed by atoms with Crippen LogP contribution in [0.25, 0.3) is 0 Å². The first-order valence-corrected chi connectivity index (χ1v) is 11.2. The third kappa shape index (κ3) is 4.81. The molecule has 0 unspecified atom stereocenters. The molecule has 0 amide bonds. The number of benzene rings is 2. The Morgan fingerprint density at radius 1 is 1.09 bits per heavy atom. The maximum absolute atomic E-state index is 13.3. The molecule has 0 bridgehead atoms. The fourth-order valence-electron chi connectivity index (χ4n) is 4.47. The monoisotopic (exact) mass is 474 g/mol. The highest BCUT2D eigenvalue weighted by Gasteiger charge is 2.37. The highest BCUT2D eigenvalue weighted by atomic mass is 19.4. The Hall–Kier alpha value is -2.91. The molecule has 3 aromatic rings. The van der Waals surface area contributed by atoms with Gasteiger partial charge in [0, 0.05) is 30.9 Å². The van der Waals surface area contributed by atoms with Crippen molar-refractivity contribution < 1.29 is 22.6 Å². The van der Waals surface area contributed by atoms with Crippen molar-refractivity contribution in [1.29, 1.82) is 0 Å². The molecule has 34 heavy (non-hydrogen) atoms. The van der Waals surface area contributed by atoms with Gasteiger partial charge >= 0.3 is 6.18 Å². The van der Waals surface area contributed by atoms with Gasteiger partial charge in [0.25, 0.3) is 0 Å². The zero-order valence-corrected chi connectivity index (χ0v) is 19.5. The van der Waals surface area contributed by atoms with Crippen molar-refractivity contribution in [2.45, 2.75) is 50.5 Å². The molecule has 2 aromatic carbocycles. The summed E-state index contributed by atoms with van der Waals surface area (Å²) in [4.78, 5) is 0. The largest absolute Gasteiger partial charge is 0.496 e. The molecule has 1 saturated heterocycles. The summed E-state index contributed by atoms with van der Waals surface area (Å²) >= 11 is 0. The van der Waals surface area contributed by atoms with E-state index in [2.05, 4.69) is 15.6 Å². The van der Waals surface area contributed by atoms with E-state index in [-0.39, 0.29) is 0 Å². The van der Waals surface area contributed by atoms with E-state index >= 15 is 0 Å². The predicted molar refractivity (Wildman–Crippen MR) is 121 cm³/mol. The molecule has 1 aromatic heterocycles. The Labute approximate surface area is 197 Å². The van der Waals surface area contributed by atoms with E-state index in [0.717, 1.165) is 17.4 Å². The van der Waals surface area contributed by atoms with Gasteiger partial charge in [-0.15, -0.1) is 5.10 Å². The van der Waals surface area contributed by atoms with Gasteiger partial charge in [-0.05, 0) is 50.5 Å². The van der Waals surface area contributed by atoms with Crippen molar-refractivity contribution >= 4 is 0 Å². The van der Waals surface area contributed by atoms with Crippen LogP contribution in [0.2, 0.25) is 0 Å². The van der Waals surface area contributed by atoms with Gasteiger partial charge in [0.1, 0.15) is 5.75 Å². The molecule has 1 N–H and O–H groups in total. The average molecular weight is 475 g/mol. The standard InChI is InChI=1S/C25H29F3N4O2/c1-23(2,21-9-4-5-10-22(21)33-3)32-17-20(30-31-32)16-29-24(11-13-34-14-12-24)18-7-6-8-19(15-18)25(26,27)28/h4-10,15,17,29H,11-14,16H2,1-3H3. The van der Waals surface area contributed by atoms with Gasteiger partial charge in [-0.25, -0.2) is 4.68 Å². The third-order valence-electron chi connectivity index (χ3n) is 6.58. The average Bonchev–Trinajstić information content (AvgIpc) is 3.33. The second-order valence-corrected chi connectivity index (χ2v) is 9.04. The number of hydrogen-bond acceptors (Lipinski definition) is 5. The van der Waals surface area contributed by atoms with Crippen LogP contribution >= 0.6 is 0 Å². The normalized spacial score (nSPS) is 16.4. The van der Waals surface area contributed by atoms with Crippen molar-refractivity contribution in [1.82, 2.24) is 20.3 Å². The first-order chi connectivity index (χ1) is 16.2. The van der Waals surface area contributed by atoms with Crippen LogP contribution in [0.1, 0.15) is 49.1 Å². The molecule has 6 nitrogen and oxygen atoms in total. The summed E-state index contributed by atoms with van der Waals surface area (Å²) in [5.74, 6) is 0.758. The second-order valence-electron chi connectivity index (χ2n) is 9.04. The van der Waals surface area contributed by atoms with Crippen LogP contribution < -0.4 is 10.1 Å². The lowest BCUT2D eigenvalue weighted by atomic mass is 9.82. The fourth-order valence-corrected chi connectivity index (χ4v) is 4.47. The van der Waals surface area contributed by atoms with Crippen molar-refractivity contribution in [2.24, 2.45) is 0 Å². The Morgan fingerprint density at radius 3 is 2.53 bits per heavy atom. The molecule has 0 spiro atoms. The molecule has 4 rings (SSSR count). The SMILES string of the molecule is COc1ccccc1C(C)(C)n1cc(CNC2(c3cccc(C(F)(F)F)c3)CCOCC2)nn1. The first-order valence-electron chi connectivity index (χ1n) is 11.2. The van der Waals surface area contributed by atoms with Gasteiger partial charge < -0.3 is 14.8 Å². The zero-order valence-electron chi connectivity index (χ0n) is 19.5. The summed E-state index contributed by atoms with van der Waals surface area (Å²) < 4.78 is 52.8. The Balaban J connectivity index is 1.57. The molecule has 0 aliphatic carbocycles. The van der Waals surface area contributed by atoms with E-state index in [1.807, 2.05) is 44.3 Å². The molecular weight excluding hydrogens is 445 g/mol. The summed E-state index contributed by atoms with van der Waals surface area (Å²) in [6.45, 7) is 5.35. The van der Waals surface area contributed by atoms with Crippen LogP contribution in [-0.2, 0) is 28.5 Å². The number of nitrogens with zero attached hydrogens (tertiary/aromatic N) is 3. The van der Waals surface area contributed by atoms with Crippen molar-refractivity contribution in [2.75, 3.05) is 20.3 Å². The lowest BCUT2D eigenvalue weighted by molar-refractivity contribution is -0.137. The Bertz CT molecular complexity index is 1120. The second kappa shape index (κ2) is 9.38. The number of aromatic nitrogens is 3. The summed E-state index contributed by atoms with van der Waals surface area (Å²) in [5.41, 5.74) is 0.457. The van der Waals surface area contributed by atoms with Gasteiger partial charge in [0.15, 0.2) is 0 Å². The predicted octanol–water partition coefficient (Wildman–Crippen LogP) is 4.88. The molecule has 9 heteroatoms. The summed E-state index contributed by atoms with van der Waals surface area (Å²) in [6.07, 6.45) is -1.40. The van der Waals surface area contributed by atoms with Crippen LogP contribution in [0, 0.1) is 0 Å². The number of nitrogens with one attached hydrogen (secondary N) is 1. The molecular formula is C25H29F3N4O2. The van der Waals surface area contributed by atoms with Gasteiger partial charge in [-0.1, -0.05) is 35.5 Å². The van der Waals surface area contributed by atoms with Gasteiger partial charge in [0.2, 0.25) is 0 Å². The maximum atomic E-state index is 13.3. The van der Waals surface area contributed by atoms with E-state index in [1.165, 1.54) is 12.1 Å². The molecule has 1 aliphatic heterocycles. The van der Waals surface area contributed by atoms with Crippen LogP contribution in [0.4, 0.5) is 13.2 Å². The first kappa shape index (κ1) is 24.2. The lowest BCUT2D eigenvalue weighted by Gasteiger charge is -2.39. The minimum atomic E-state index is -4.39. The van der Waals surface area contributed by atoms with E-state index in [0.29, 0.717) is 43.9 Å². The number of ether oxygens (including phenoxy) is 2. The number of alkyl halides is 3. The van der Waals surface area contributed by atoms with Crippen molar-refractivity contribution in [3.63, 3.8) is 0 Å². The topological polar surface area (TPSA) is 61.2 Å². The smallest absolute Gasteiger partial charge is 0.416 e. The number of halogens is 3. The van der Waals surface area contributed by atoms with Crippen LogP contribution in [-0.4, -0.2) is 35.3 Å². The lowest BCUT2D eigenvalue weighted by Crippen LogP contribution is -2.46. The highest BCUT2D eigenvalue weighted by Crippen LogP contribution is 2.37. The number of para-hydroxylation sites is 1. The van der Waals surface area contributed by atoms with E-state index < -0.39 is 22.8 Å². The quantitative estimate of drug-likeness (QED) is 0.529. The van der Waals surface area contributed by atoms with Crippen LogP contribution in [0.15, 0.2) is 54.7 Å². The number of rotatable bonds is 7. The molecule has 1 aliphatic rings. The van der Waals surface area contributed by atoms with E-state index in [1.54, 1.807) is 17.9 Å². The minimum Gasteiger partial charge on any atom is -0.496 e. The van der Waals surface area contributed by atoms with Crippen molar-refractivity contribution in [3.8, 4) is 5.75 Å². The van der Waals surface area contributed by atoms with Gasteiger partial charge in [-0.2, -0.15) is 13.2 Å². The summed E-state index contributed by atoms with van der Waals surface area (Å²) in [7, 11) is 1.63. The third-order valence-corrected chi connectivity index (χ3v) is 6.58. The molecule has 1 fully saturated rings. The van der Waals surface area contributed by atoms with Crippen LogP contribution in [0.3, 0.4) is 0 Å². The molecule has 2 heterocycles. The fraction of sp³-hybridized carbons (Fsp3) is 0.440.